The SMILES string of the molecule is COC(=O)C=CCCC(C)C. The summed E-state index contributed by atoms with van der Waals surface area (Å²) >= 11 is 0. The summed E-state index contributed by atoms with van der Waals surface area (Å²) < 4.78 is 4.43. The van der Waals surface area contributed by atoms with Crippen molar-refractivity contribution >= 4 is 5.97 Å². The van der Waals surface area contributed by atoms with E-state index in [0.717, 1.165) is 12.8 Å². The highest BCUT2D eigenvalue weighted by Crippen LogP contribution is 2.03. The standard InChI is InChI=1S/C9H16O2/c1-8(2)6-4-5-7-9(10)11-3/h5,7-8H,4,6H2,1-3H3. The first kappa shape index (κ1) is 10.2. The molecule has 2 heteroatoms. The fourth-order valence-electron chi connectivity index (χ4n) is 0.677. The molecule has 0 N–H and O–H groups in total. The van der Waals surface area contributed by atoms with Gasteiger partial charge >= 0.3 is 5.97 Å². The molecule has 0 aliphatic carbocycles. The lowest BCUT2D eigenvalue weighted by molar-refractivity contribution is -0.134. The smallest absolute Gasteiger partial charge is 0.330 e. The predicted molar refractivity (Wildman–Crippen MR) is 45.2 cm³/mol. The zero-order valence-electron chi connectivity index (χ0n) is 7.46. The average molecular weight is 156 g/mol. The van der Waals surface area contributed by atoms with Gasteiger partial charge in [0.15, 0.2) is 0 Å². The van der Waals surface area contributed by atoms with Crippen LogP contribution in [0.1, 0.15) is 26.7 Å². The van der Waals surface area contributed by atoms with Crippen molar-refractivity contribution in [2.24, 2.45) is 5.92 Å². The highest BCUT2D eigenvalue weighted by molar-refractivity contribution is 5.81. The highest BCUT2D eigenvalue weighted by atomic mass is 16.5. The van der Waals surface area contributed by atoms with Gasteiger partial charge in [-0.1, -0.05) is 19.9 Å². The topological polar surface area (TPSA) is 26.3 Å². The second-order valence-corrected chi connectivity index (χ2v) is 2.90. The van der Waals surface area contributed by atoms with Crippen LogP contribution in [0.4, 0.5) is 0 Å². The number of rotatable bonds is 4. The Morgan fingerprint density at radius 1 is 1.55 bits per heavy atom. The molecule has 0 amide bonds. The monoisotopic (exact) mass is 156 g/mol. The third kappa shape index (κ3) is 7.10. The van der Waals surface area contributed by atoms with E-state index < -0.39 is 0 Å². The van der Waals surface area contributed by atoms with Crippen LogP contribution in [-0.2, 0) is 9.53 Å². The normalized spacial score (nSPS) is 10.9. The van der Waals surface area contributed by atoms with E-state index in [1.54, 1.807) is 0 Å². The molecule has 0 aromatic carbocycles. The molecule has 11 heavy (non-hydrogen) atoms. The Labute approximate surface area is 68.2 Å². The van der Waals surface area contributed by atoms with Crippen LogP contribution in [0.15, 0.2) is 12.2 Å². The number of hydrogen-bond donors (Lipinski definition) is 0. The van der Waals surface area contributed by atoms with Gasteiger partial charge in [0.05, 0.1) is 7.11 Å². The molecule has 0 saturated carbocycles. The van der Waals surface area contributed by atoms with Crippen molar-refractivity contribution in [1.82, 2.24) is 0 Å². The van der Waals surface area contributed by atoms with Crippen molar-refractivity contribution in [2.75, 3.05) is 7.11 Å². The van der Waals surface area contributed by atoms with E-state index >= 15 is 0 Å². The van der Waals surface area contributed by atoms with E-state index in [2.05, 4.69) is 18.6 Å². The van der Waals surface area contributed by atoms with Gasteiger partial charge in [-0.2, -0.15) is 0 Å². The molecular formula is C9H16O2. The van der Waals surface area contributed by atoms with Crippen LogP contribution < -0.4 is 0 Å². The number of carbonyl (C=O) groups excluding carboxylic acids is 1. The summed E-state index contributed by atoms with van der Waals surface area (Å²) in [4.78, 5) is 10.5. The summed E-state index contributed by atoms with van der Waals surface area (Å²) in [6.07, 6.45) is 5.40. The Balaban J connectivity index is 3.37. The Bertz CT molecular complexity index is 136. The predicted octanol–water partition coefficient (Wildman–Crippen LogP) is 2.15. The maximum atomic E-state index is 10.5. The van der Waals surface area contributed by atoms with Gasteiger partial charge < -0.3 is 4.74 Å². The van der Waals surface area contributed by atoms with Gasteiger partial charge in [-0.05, 0) is 18.8 Å². The van der Waals surface area contributed by atoms with Crippen LogP contribution in [0.25, 0.3) is 0 Å². The lowest BCUT2D eigenvalue weighted by Gasteiger charge is -1.98. The van der Waals surface area contributed by atoms with E-state index in [9.17, 15) is 4.79 Å². The van der Waals surface area contributed by atoms with Crippen LogP contribution >= 0.6 is 0 Å². The van der Waals surface area contributed by atoms with E-state index in [0.29, 0.717) is 5.92 Å². The largest absolute Gasteiger partial charge is 0.466 e. The number of ether oxygens (including phenoxy) is 1. The fourth-order valence-corrected chi connectivity index (χ4v) is 0.677. The summed E-state index contributed by atoms with van der Waals surface area (Å²) in [5.74, 6) is 0.422. The molecule has 0 spiro atoms. The zero-order valence-corrected chi connectivity index (χ0v) is 7.46. The van der Waals surface area contributed by atoms with Crippen LogP contribution in [0.2, 0.25) is 0 Å². The summed E-state index contributed by atoms with van der Waals surface area (Å²) in [5.41, 5.74) is 0. The van der Waals surface area contributed by atoms with Crippen molar-refractivity contribution in [3.8, 4) is 0 Å². The first-order valence-electron chi connectivity index (χ1n) is 3.91. The van der Waals surface area contributed by atoms with Crippen molar-refractivity contribution in [1.29, 1.82) is 0 Å². The Morgan fingerprint density at radius 2 is 2.18 bits per heavy atom. The second-order valence-electron chi connectivity index (χ2n) is 2.90. The number of hydrogen-bond acceptors (Lipinski definition) is 2. The van der Waals surface area contributed by atoms with E-state index in [1.807, 2.05) is 6.08 Å². The first-order valence-corrected chi connectivity index (χ1v) is 3.91. The van der Waals surface area contributed by atoms with Crippen molar-refractivity contribution in [2.45, 2.75) is 26.7 Å². The minimum absolute atomic E-state index is 0.270. The maximum Gasteiger partial charge on any atom is 0.330 e. The van der Waals surface area contributed by atoms with E-state index in [-0.39, 0.29) is 5.97 Å². The van der Waals surface area contributed by atoms with E-state index in [1.165, 1.54) is 13.2 Å². The van der Waals surface area contributed by atoms with Gasteiger partial charge in [0, 0.05) is 6.08 Å². The van der Waals surface area contributed by atoms with Gasteiger partial charge in [0.1, 0.15) is 0 Å². The summed E-state index contributed by atoms with van der Waals surface area (Å²) in [6, 6.07) is 0. The lowest BCUT2D eigenvalue weighted by atomic mass is 10.1. The van der Waals surface area contributed by atoms with E-state index in [4.69, 9.17) is 0 Å². The molecule has 2 nitrogen and oxygen atoms in total. The minimum atomic E-state index is -0.270. The number of carbonyl (C=O) groups is 1. The third-order valence-electron chi connectivity index (χ3n) is 1.37. The Hall–Kier alpha value is -0.790. The third-order valence-corrected chi connectivity index (χ3v) is 1.37. The summed E-state index contributed by atoms with van der Waals surface area (Å²) in [5, 5.41) is 0. The number of allylic oxidation sites excluding steroid dienone is 1. The molecular weight excluding hydrogens is 140 g/mol. The first-order chi connectivity index (χ1) is 5.16. The molecule has 0 atom stereocenters. The molecule has 0 heterocycles. The molecule has 0 saturated heterocycles. The molecule has 0 aliphatic heterocycles. The van der Waals surface area contributed by atoms with Crippen LogP contribution in [0, 0.1) is 5.92 Å². The number of methoxy groups -OCH3 is 1. The zero-order chi connectivity index (χ0) is 8.69. The van der Waals surface area contributed by atoms with Crippen LogP contribution in [0.3, 0.4) is 0 Å². The van der Waals surface area contributed by atoms with Gasteiger partial charge in [0.2, 0.25) is 0 Å². The molecule has 0 fully saturated rings. The lowest BCUT2D eigenvalue weighted by Crippen LogP contribution is -1.93. The van der Waals surface area contributed by atoms with Gasteiger partial charge in [-0.15, -0.1) is 0 Å². The number of esters is 1. The molecule has 0 aromatic rings. The minimum Gasteiger partial charge on any atom is -0.466 e. The fraction of sp³-hybridized carbons (Fsp3) is 0.667. The molecule has 64 valence electrons. The molecule has 0 radical (unpaired) electrons. The van der Waals surface area contributed by atoms with Crippen LogP contribution in [-0.4, -0.2) is 13.1 Å². The second kappa shape index (κ2) is 5.96. The molecule has 0 aromatic heterocycles. The average Bonchev–Trinajstić information content (AvgIpc) is 1.97. The quantitative estimate of drug-likeness (QED) is 0.460. The van der Waals surface area contributed by atoms with Crippen molar-refractivity contribution < 1.29 is 9.53 Å². The molecule has 0 unspecified atom stereocenters. The van der Waals surface area contributed by atoms with Gasteiger partial charge in [-0.3, -0.25) is 0 Å². The Morgan fingerprint density at radius 3 is 2.64 bits per heavy atom. The highest BCUT2D eigenvalue weighted by Gasteiger charge is 1.92. The van der Waals surface area contributed by atoms with Crippen LogP contribution in [0.5, 0.6) is 0 Å². The van der Waals surface area contributed by atoms with Gasteiger partial charge in [-0.25, -0.2) is 4.79 Å². The molecule has 0 rings (SSSR count). The molecule has 0 aliphatic rings. The maximum absolute atomic E-state index is 10.5. The molecule has 0 bridgehead atoms. The summed E-state index contributed by atoms with van der Waals surface area (Å²) in [6.45, 7) is 4.32. The summed E-state index contributed by atoms with van der Waals surface area (Å²) in [7, 11) is 1.38. The van der Waals surface area contributed by atoms with Crippen molar-refractivity contribution in [3.05, 3.63) is 12.2 Å². The Kier molecular flexibility index (Phi) is 5.53. The van der Waals surface area contributed by atoms with Crippen molar-refractivity contribution in [3.63, 3.8) is 0 Å². The van der Waals surface area contributed by atoms with Gasteiger partial charge in [0.25, 0.3) is 0 Å².